The second-order valence-corrected chi connectivity index (χ2v) is 20.5. The average molecular weight is 833 g/mol. The number of hydrogen-bond acceptors (Lipinski definition) is 1. The lowest BCUT2D eigenvalue weighted by Crippen LogP contribution is -2.74. The average Bonchev–Trinajstić information content (AvgIpc) is 4.01. The molecule has 0 amide bonds. The summed E-state index contributed by atoms with van der Waals surface area (Å²) < 4.78 is 7.37. The maximum atomic E-state index is 4.52. The molecule has 0 saturated carbocycles. The van der Waals surface area contributed by atoms with Crippen LogP contribution in [0.5, 0.6) is 0 Å². The summed E-state index contributed by atoms with van der Waals surface area (Å²) >= 11 is 0. The van der Waals surface area contributed by atoms with E-state index in [2.05, 4.69) is 249 Å². The first-order chi connectivity index (χ1) is 31.8. The zero-order valence-electron chi connectivity index (χ0n) is 34.9. The SMILES string of the molecule is c1ccc(-n2c3ccc(-n4c5ccccc5c5cnccc54)cc3c3ccc4c(c5ccccc5n4-c4cccc([Si](c5ccccc5)(c5ccccc5)c5ccccc5)c4)c32)cc1. The molecule has 13 rings (SSSR count). The van der Waals surface area contributed by atoms with E-state index in [-0.39, 0.29) is 0 Å². The molecule has 0 aliphatic rings. The number of pyridine rings is 1. The van der Waals surface area contributed by atoms with Crippen LogP contribution in [0.25, 0.3) is 82.5 Å². The molecule has 13 aromatic rings. The maximum absolute atomic E-state index is 4.52. The Kier molecular flexibility index (Phi) is 8.20. The van der Waals surface area contributed by atoms with E-state index in [9.17, 15) is 0 Å². The molecule has 9 aromatic carbocycles. The number of para-hydroxylation sites is 3. The van der Waals surface area contributed by atoms with Crippen molar-refractivity contribution < 1.29 is 0 Å². The number of aromatic nitrogens is 4. The predicted molar refractivity (Wildman–Crippen MR) is 271 cm³/mol. The normalized spacial score (nSPS) is 12.1. The molecule has 5 heteroatoms. The summed E-state index contributed by atoms with van der Waals surface area (Å²) in [5.74, 6) is 0. The van der Waals surface area contributed by atoms with Crippen LogP contribution < -0.4 is 20.7 Å². The quantitative estimate of drug-likeness (QED) is 0.116. The second kappa shape index (κ2) is 14.4. The number of rotatable bonds is 7. The van der Waals surface area contributed by atoms with Gasteiger partial charge in [-0.2, -0.15) is 0 Å². The van der Waals surface area contributed by atoms with Gasteiger partial charge in [-0.15, -0.1) is 0 Å². The summed E-state index contributed by atoms with van der Waals surface area (Å²) in [4.78, 5) is 4.52. The lowest BCUT2D eigenvalue weighted by Gasteiger charge is -2.34. The van der Waals surface area contributed by atoms with Crippen LogP contribution in [0.2, 0.25) is 0 Å². The zero-order valence-corrected chi connectivity index (χ0v) is 35.9. The molecular formula is C59H40N4Si. The lowest BCUT2D eigenvalue weighted by atomic mass is 10.1. The fourth-order valence-corrected chi connectivity index (χ4v) is 15.6. The third kappa shape index (κ3) is 5.25. The topological polar surface area (TPSA) is 27.7 Å². The van der Waals surface area contributed by atoms with Crippen molar-refractivity contribution in [2.75, 3.05) is 0 Å². The Bertz CT molecular complexity index is 3740. The van der Waals surface area contributed by atoms with Gasteiger partial charge in [-0.1, -0.05) is 164 Å². The van der Waals surface area contributed by atoms with Gasteiger partial charge in [-0.3, -0.25) is 4.98 Å². The smallest absolute Gasteiger partial charge is 0.179 e. The Balaban J connectivity index is 1.11. The summed E-state index contributed by atoms with van der Waals surface area (Å²) in [5, 5.41) is 12.7. The van der Waals surface area contributed by atoms with Gasteiger partial charge in [0.1, 0.15) is 0 Å². The molecule has 0 aliphatic carbocycles. The van der Waals surface area contributed by atoms with Gasteiger partial charge in [-0.05, 0) is 87.5 Å². The first kappa shape index (κ1) is 36.4. The van der Waals surface area contributed by atoms with E-state index in [1.165, 1.54) is 75.3 Å². The van der Waals surface area contributed by atoms with Crippen molar-refractivity contribution >= 4 is 94.2 Å². The maximum Gasteiger partial charge on any atom is 0.179 e. The van der Waals surface area contributed by atoms with Gasteiger partial charge >= 0.3 is 0 Å². The highest BCUT2D eigenvalue weighted by Gasteiger charge is 2.41. The largest absolute Gasteiger partial charge is 0.309 e. The molecule has 0 spiro atoms. The van der Waals surface area contributed by atoms with Crippen LogP contribution in [0.15, 0.2) is 243 Å². The Hall–Kier alpha value is -8.25. The van der Waals surface area contributed by atoms with Gasteiger partial charge in [-0.25, -0.2) is 0 Å². The number of benzene rings is 9. The standard InChI is InChI=1S/C59H40N4Si/c1-5-18-41(19-6-1)63-55-34-32-43(61-53-30-15-13-28-48(53)52-40-60-37-36-56(52)61)39-51(55)49-33-35-57-58(59(49)63)50-29-14-16-31-54(50)62(57)42-20-17-27-47(38-42)64(44-21-7-2-8-22-44,45-23-9-3-10-24-45)46-25-11-4-12-26-46/h1-40H. The van der Waals surface area contributed by atoms with Gasteiger partial charge in [0, 0.05) is 61.8 Å². The highest BCUT2D eigenvalue weighted by atomic mass is 28.3. The van der Waals surface area contributed by atoms with Crippen molar-refractivity contribution in [2.45, 2.75) is 0 Å². The van der Waals surface area contributed by atoms with E-state index in [1.54, 1.807) is 0 Å². The van der Waals surface area contributed by atoms with Crippen LogP contribution in [0.1, 0.15) is 0 Å². The second-order valence-electron chi connectivity index (χ2n) is 16.7. The third-order valence-corrected chi connectivity index (χ3v) is 18.2. The van der Waals surface area contributed by atoms with E-state index in [0.717, 1.165) is 28.0 Å². The predicted octanol–water partition coefficient (Wildman–Crippen LogP) is 11.8. The van der Waals surface area contributed by atoms with E-state index < -0.39 is 8.07 Å². The number of hydrogen-bond donors (Lipinski definition) is 0. The fraction of sp³-hybridized carbons (Fsp3) is 0. The van der Waals surface area contributed by atoms with Crippen molar-refractivity contribution in [1.82, 2.24) is 18.7 Å². The molecule has 0 aliphatic heterocycles. The molecule has 0 bridgehead atoms. The Morgan fingerprint density at radius 2 is 0.797 bits per heavy atom. The first-order valence-corrected chi connectivity index (χ1v) is 24.0. The minimum Gasteiger partial charge on any atom is -0.309 e. The summed E-state index contributed by atoms with van der Waals surface area (Å²) in [5.41, 5.74) is 10.4. The number of fused-ring (bicyclic) bond motifs is 10. The van der Waals surface area contributed by atoms with Crippen LogP contribution >= 0.6 is 0 Å². The van der Waals surface area contributed by atoms with Crippen LogP contribution in [-0.2, 0) is 0 Å². The summed E-state index contributed by atoms with van der Waals surface area (Å²) in [6.45, 7) is 0. The van der Waals surface area contributed by atoms with Crippen LogP contribution in [0, 0.1) is 0 Å². The molecule has 0 N–H and O–H groups in total. The minimum atomic E-state index is -2.78. The molecule has 4 heterocycles. The highest BCUT2D eigenvalue weighted by Crippen LogP contribution is 2.43. The van der Waals surface area contributed by atoms with Crippen LogP contribution in [0.3, 0.4) is 0 Å². The van der Waals surface area contributed by atoms with Crippen molar-refractivity contribution in [3.63, 3.8) is 0 Å². The molecule has 0 atom stereocenters. The molecule has 0 radical (unpaired) electrons. The Morgan fingerprint density at radius 3 is 1.48 bits per heavy atom. The van der Waals surface area contributed by atoms with E-state index >= 15 is 0 Å². The Morgan fingerprint density at radius 1 is 0.297 bits per heavy atom. The van der Waals surface area contributed by atoms with Gasteiger partial charge in [0.2, 0.25) is 0 Å². The molecular weight excluding hydrogens is 793 g/mol. The van der Waals surface area contributed by atoms with Crippen LogP contribution in [0.4, 0.5) is 0 Å². The van der Waals surface area contributed by atoms with Crippen LogP contribution in [-0.4, -0.2) is 26.8 Å². The lowest BCUT2D eigenvalue weighted by molar-refractivity contribution is 1.16. The monoisotopic (exact) mass is 832 g/mol. The van der Waals surface area contributed by atoms with Gasteiger partial charge in [0.15, 0.2) is 8.07 Å². The molecule has 300 valence electrons. The molecule has 64 heavy (non-hydrogen) atoms. The fourth-order valence-electron chi connectivity index (χ4n) is 10.8. The highest BCUT2D eigenvalue weighted by molar-refractivity contribution is 7.19. The zero-order chi connectivity index (χ0) is 42.2. The van der Waals surface area contributed by atoms with E-state index in [1.807, 2.05) is 12.4 Å². The summed E-state index contributed by atoms with van der Waals surface area (Å²) in [7, 11) is -2.78. The van der Waals surface area contributed by atoms with Gasteiger partial charge in [0.05, 0.1) is 33.1 Å². The summed E-state index contributed by atoms with van der Waals surface area (Å²) in [6.07, 6.45) is 3.89. The van der Waals surface area contributed by atoms with Gasteiger partial charge < -0.3 is 13.7 Å². The Labute approximate surface area is 371 Å². The first-order valence-electron chi connectivity index (χ1n) is 22.0. The third-order valence-electron chi connectivity index (χ3n) is 13.5. The minimum absolute atomic E-state index is 1.12. The van der Waals surface area contributed by atoms with Crippen molar-refractivity contribution in [3.8, 4) is 17.1 Å². The van der Waals surface area contributed by atoms with Crippen molar-refractivity contribution in [1.29, 1.82) is 0 Å². The molecule has 0 fully saturated rings. The van der Waals surface area contributed by atoms with Gasteiger partial charge in [0.25, 0.3) is 0 Å². The summed E-state index contributed by atoms with van der Waals surface area (Å²) in [6, 6.07) is 85.3. The van der Waals surface area contributed by atoms with E-state index in [0.29, 0.717) is 0 Å². The number of nitrogens with zero attached hydrogens (tertiary/aromatic N) is 4. The molecule has 4 aromatic heterocycles. The van der Waals surface area contributed by atoms with Crippen molar-refractivity contribution in [3.05, 3.63) is 243 Å². The molecule has 0 saturated heterocycles. The van der Waals surface area contributed by atoms with E-state index in [4.69, 9.17) is 0 Å². The molecule has 0 unspecified atom stereocenters. The van der Waals surface area contributed by atoms with Crippen molar-refractivity contribution in [2.24, 2.45) is 0 Å². The molecule has 4 nitrogen and oxygen atoms in total.